The Morgan fingerprint density at radius 2 is 1.94 bits per heavy atom. The van der Waals surface area contributed by atoms with Crippen LogP contribution in [0.25, 0.3) is 0 Å². The molecule has 16 heavy (non-hydrogen) atoms. The highest BCUT2D eigenvalue weighted by molar-refractivity contribution is 5.72. The zero-order valence-electron chi connectivity index (χ0n) is 11.2. The first-order valence-corrected chi connectivity index (χ1v) is 5.92. The molecule has 2 N–H and O–H groups in total. The van der Waals surface area contributed by atoms with Gasteiger partial charge in [-0.15, -0.1) is 0 Å². The van der Waals surface area contributed by atoms with Crippen LogP contribution in [0.3, 0.4) is 0 Å². The summed E-state index contributed by atoms with van der Waals surface area (Å²) < 4.78 is 5.29. The molecule has 0 fully saturated rings. The molecule has 0 unspecified atom stereocenters. The second-order valence-electron chi connectivity index (χ2n) is 5.29. The van der Waals surface area contributed by atoms with Crippen molar-refractivity contribution in [3.05, 3.63) is 0 Å². The quantitative estimate of drug-likeness (QED) is 0.701. The monoisotopic (exact) mass is 230 g/mol. The van der Waals surface area contributed by atoms with Crippen molar-refractivity contribution in [3.63, 3.8) is 0 Å². The average molecular weight is 230 g/mol. The zero-order chi connectivity index (χ0) is 12.8. The van der Waals surface area contributed by atoms with E-state index in [9.17, 15) is 4.79 Å². The van der Waals surface area contributed by atoms with Gasteiger partial charge in [-0.2, -0.15) is 0 Å². The molecule has 4 nitrogen and oxygen atoms in total. The number of hydrogen-bond acceptors (Lipinski definition) is 4. The van der Waals surface area contributed by atoms with Crippen molar-refractivity contribution in [1.29, 1.82) is 0 Å². The van der Waals surface area contributed by atoms with Crippen LogP contribution in [0.4, 0.5) is 0 Å². The number of ether oxygens (including phenoxy) is 1. The Kier molecular flexibility index (Phi) is 6.60. The molecule has 96 valence electrons. The molecule has 0 spiro atoms. The van der Waals surface area contributed by atoms with Gasteiger partial charge in [0.05, 0.1) is 6.54 Å². The SMILES string of the molecule is CC(C)N(CCCN)CC(=O)OC(C)(C)C. The molecule has 0 heterocycles. The summed E-state index contributed by atoms with van der Waals surface area (Å²) in [7, 11) is 0. The second-order valence-corrected chi connectivity index (χ2v) is 5.29. The Balaban J connectivity index is 4.13. The predicted molar refractivity (Wildman–Crippen MR) is 66.2 cm³/mol. The summed E-state index contributed by atoms with van der Waals surface area (Å²) in [6, 6.07) is 0.332. The third-order valence-electron chi connectivity index (χ3n) is 2.13. The van der Waals surface area contributed by atoms with Crippen LogP contribution in [-0.2, 0) is 9.53 Å². The molecule has 4 heteroatoms. The van der Waals surface area contributed by atoms with Crippen molar-refractivity contribution in [3.8, 4) is 0 Å². The molecule has 0 amide bonds. The number of nitrogens with two attached hydrogens (primary N) is 1. The van der Waals surface area contributed by atoms with Crippen LogP contribution >= 0.6 is 0 Å². The summed E-state index contributed by atoms with van der Waals surface area (Å²) in [5.41, 5.74) is 5.06. The molecule has 0 bridgehead atoms. The normalized spacial score (nSPS) is 12.2. The summed E-state index contributed by atoms with van der Waals surface area (Å²) in [4.78, 5) is 13.7. The zero-order valence-corrected chi connectivity index (χ0v) is 11.2. The maximum atomic E-state index is 11.6. The van der Waals surface area contributed by atoms with E-state index in [1.807, 2.05) is 20.8 Å². The van der Waals surface area contributed by atoms with Crippen LogP contribution in [-0.4, -0.2) is 42.1 Å². The Morgan fingerprint density at radius 1 is 1.38 bits per heavy atom. The minimum Gasteiger partial charge on any atom is -0.459 e. The first-order valence-electron chi connectivity index (χ1n) is 5.92. The lowest BCUT2D eigenvalue weighted by Gasteiger charge is -2.27. The average Bonchev–Trinajstić information content (AvgIpc) is 2.08. The van der Waals surface area contributed by atoms with Crippen LogP contribution < -0.4 is 5.73 Å². The number of carbonyl (C=O) groups excluding carboxylic acids is 1. The highest BCUT2D eigenvalue weighted by Crippen LogP contribution is 2.08. The van der Waals surface area contributed by atoms with Gasteiger partial charge in [-0.1, -0.05) is 0 Å². The third kappa shape index (κ3) is 7.65. The maximum Gasteiger partial charge on any atom is 0.320 e. The molecule has 0 aliphatic carbocycles. The molecule has 0 aliphatic heterocycles. The lowest BCUT2D eigenvalue weighted by atomic mass is 10.2. The van der Waals surface area contributed by atoms with Crippen LogP contribution in [0.1, 0.15) is 41.0 Å². The maximum absolute atomic E-state index is 11.6. The van der Waals surface area contributed by atoms with Crippen molar-refractivity contribution in [2.45, 2.75) is 52.7 Å². The number of rotatable bonds is 6. The van der Waals surface area contributed by atoms with Crippen LogP contribution in [0.2, 0.25) is 0 Å². The lowest BCUT2D eigenvalue weighted by Crippen LogP contribution is -2.39. The minimum absolute atomic E-state index is 0.168. The smallest absolute Gasteiger partial charge is 0.320 e. The van der Waals surface area contributed by atoms with E-state index in [0.29, 0.717) is 19.1 Å². The molecule has 0 atom stereocenters. The summed E-state index contributed by atoms with van der Waals surface area (Å²) in [6.07, 6.45) is 0.904. The van der Waals surface area contributed by atoms with Crippen LogP contribution in [0.15, 0.2) is 0 Å². The molecule has 0 radical (unpaired) electrons. The second kappa shape index (κ2) is 6.86. The van der Waals surface area contributed by atoms with E-state index < -0.39 is 5.60 Å². The molecule has 0 aromatic carbocycles. The van der Waals surface area contributed by atoms with E-state index in [2.05, 4.69) is 18.7 Å². The Bertz CT molecular complexity index is 210. The van der Waals surface area contributed by atoms with Gasteiger partial charge in [-0.3, -0.25) is 9.69 Å². The predicted octanol–water partition coefficient (Wildman–Crippen LogP) is 1.39. The Morgan fingerprint density at radius 3 is 2.31 bits per heavy atom. The molecule has 0 rings (SSSR count). The van der Waals surface area contributed by atoms with Crippen LogP contribution in [0, 0.1) is 0 Å². The van der Waals surface area contributed by atoms with E-state index in [4.69, 9.17) is 10.5 Å². The summed E-state index contributed by atoms with van der Waals surface area (Å²) in [5, 5.41) is 0. The standard InChI is InChI=1S/C12H26N2O2/c1-10(2)14(8-6-7-13)9-11(15)16-12(3,4)5/h10H,6-9,13H2,1-5H3. The van der Waals surface area contributed by atoms with Gasteiger partial charge in [0.2, 0.25) is 0 Å². The molecule has 0 aliphatic rings. The van der Waals surface area contributed by atoms with E-state index in [1.165, 1.54) is 0 Å². The molecule has 0 aromatic heterocycles. The molecule has 0 saturated carbocycles. The number of hydrogen-bond donors (Lipinski definition) is 1. The largest absolute Gasteiger partial charge is 0.459 e. The number of esters is 1. The third-order valence-corrected chi connectivity index (χ3v) is 2.13. The van der Waals surface area contributed by atoms with Gasteiger partial charge in [0, 0.05) is 12.6 Å². The van der Waals surface area contributed by atoms with Crippen LogP contribution in [0.5, 0.6) is 0 Å². The van der Waals surface area contributed by atoms with E-state index in [0.717, 1.165) is 13.0 Å². The van der Waals surface area contributed by atoms with Gasteiger partial charge in [0.15, 0.2) is 0 Å². The van der Waals surface area contributed by atoms with Gasteiger partial charge in [0.25, 0.3) is 0 Å². The molecule has 0 saturated heterocycles. The van der Waals surface area contributed by atoms with Gasteiger partial charge in [-0.05, 0) is 47.6 Å². The number of nitrogens with zero attached hydrogens (tertiary/aromatic N) is 1. The van der Waals surface area contributed by atoms with E-state index in [-0.39, 0.29) is 5.97 Å². The Labute approximate surface area is 99.1 Å². The number of carbonyl (C=O) groups is 1. The summed E-state index contributed by atoms with van der Waals surface area (Å²) in [5.74, 6) is -0.168. The minimum atomic E-state index is -0.409. The van der Waals surface area contributed by atoms with Crippen molar-refractivity contribution in [2.75, 3.05) is 19.6 Å². The summed E-state index contributed by atoms with van der Waals surface area (Å²) in [6.45, 7) is 11.6. The van der Waals surface area contributed by atoms with Crippen molar-refractivity contribution in [1.82, 2.24) is 4.90 Å². The van der Waals surface area contributed by atoms with Crippen molar-refractivity contribution in [2.24, 2.45) is 5.73 Å². The van der Waals surface area contributed by atoms with Gasteiger partial charge in [-0.25, -0.2) is 0 Å². The van der Waals surface area contributed by atoms with E-state index in [1.54, 1.807) is 0 Å². The van der Waals surface area contributed by atoms with Gasteiger partial charge >= 0.3 is 5.97 Å². The Hall–Kier alpha value is -0.610. The van der Waals surface area contributed by atoms with Crippen molar-refractivity contribution < 1.29 is 9.53 Å². The molecule has 0 aromatic rings. The first kappa shape index (κ1) is 15.4. The van der Waals surface area contributed by atoms with E-state index >= 15 is 0 Å². The molecular formula is C12H26N2O2. The first-order chi connectivity index (χ1) is 7.26. The highest BCUT2D eigenvalue weighted by atomic mass is 16.6. The molecular weight excluding hydrogens is 204 g/mol. The van der Waals surface area contributed by atoms with Gasteiger partial charge in [0.1, 0.15) is 5.60 Å². The van der Waals surface area contributed by atoms with Crippen molar-refractivity contribution >= 4 is 5.97 Å². The fourth-order valence-electron chi connectivity index (χ4n) is 1.35. The highest BCUT2D eigenvalue weighted by Gasteiger charge is 2.19. The fourth-order valence-corrected chi connectivity index (χ4v) is 1.35. The summed E-state index contributed by atoms with van der Waals surface area (Å²) >= 11 is 0. The topological polar surface area (TPSA) is 55.6 Å². The van der Waals surface area contributed by atoms with Gasteiger partial charge < -0.3 is 10.5 Å². The lowest BCUT2D eigenvalue weighted by molar-refractivity contribution is -0.156. The fraction of sp³-hybridized carbons (Fsp3) is 0.917.